The molecular formula is C12H21NO. The van der Waals surface area contributed by atoms with Gasteiger partial charge in [0.1, 0.15) is 5.76 Å². The van der Waals surface area contributed by atoms with E-state index < -0.39 is 0 Å². The van der Waals surface area contributed by atoms with Gasteiger partial charge in [-0.15, -0.1) is 0 Å². The van der Waals surface area contributed by atoms with Gasteiger partial charge < -0.3 is 10.1 Å². The van der Waals surface area contributed by atoms with Crippen molar-refractivity contribution < 1.29 is 4.74 Å². The molecule has 0 aromatic carbocycles. The molecule has 0 unspecified atom stereocenters. The van der Waals surface area contributed by atoms with Gasteiger partial charge in [0.15, 0.2) is 0 Å². The summed E-state index contributed by atoms with van der Waals surface area (Å²) in [7, 11) is 0. The van der Waals surface area contributed by atoms with Crippen LogP contribution in [0, 0.1) is 0 Å². The van der Waals surface area contributed by atoms with Crippen LogP contribution in [-0.2, 0) is 4.74 Å². The molecule has 0 saturated heterocycles. The quantitative estimate of drug-likeness (QED) is 0.696. The third-order valence-corrected chi connectivity index (χ3v) is 1.98. The topological polar surface area (TPSA) is 21.3 Å². The summed E-state index contributed by atoms with van der Waals surface area (Å²) in [5.41, 5.74) is 0.219. The van der Waals surface area contributed by atoms with Gasteiger partial charge in [-0.1, -0.05) is 6.08 Å². The highest BCUT2D eigenvalue weighted by Crippen LogP contribution is 2.10. The smallest absolute Gasteiger partial charge is 0.115 e. The van der Waals surface area contributed by atoms with Crippen LogP contribution in [0.1, 0.15) is 33.6 Å². The van der Waals surface area contributed by atoms with E-state index in [2.05, 4.69) is 44.3 Å². The van der Waals surface area contributed by atoms with E-state index in [-0.39, 0.29) is 5.54 Å². The van der Waals surface area contributed by atoms with Crippen molar-refractivity contribution in [3.05, 3.63) is 24.0 Å². The highest BCUT2D eigenvalue weighted by Gasteiger charge is 2.06. The van der Waals surface area contributed by atoms with Gasteiger partial charge in [-0.05, 0) is 45.9 Å². The Kier molecular flexibility index (Phi) is 4.21. The first-order chi connectivity index (χ1) is 6.58. The maximum atomic E-state index is 5.35. The zero-order valence-electron chi connectivity index (χ0n) is 9.47. The molecule has 0 radical (unpaired) electrons. The minimum absolute atomic E-state index is 0.219. The fourth-order valence-corrected chi connectivity index (χ4v) is 1.28. The van der Waals surface area contributed by atoms with Crippen molar-refractivity contribution >= 4 is 0 Å². The van der Waals surface area contributed by atoms with Crippen molar-refractivity contribution in [3.8, 4) is 0 Å². The number of rotatable bonds is 4. The first-order valence-corrected chi connectivity index (χ1v) is 5.32. The highest BCUT2D eigenvalue weighted by atomic mass is 16.5. The Morgan fingerprint density at radius 2 is 2.29 bits per heavy atom. The SMILES string of the molecule is CC(C)(C)NCC/C=C/C1=CCCO1. The second-order valence-corrected chi connectivity index (χ2v) is 4.61. The average molecular weight is 195 g/mol. The predicted molar refractivity (Wildman–Crippen MR) is 60.2 cm³/mol. The summed E-state index contributed by atoms with van der Waals surface area (Å²) in [6, 6.07) is 0. The molecule has 0 bridgehead atoms. The van der Waals surface area contributed by atoms with E-state index in [1.54, 1.807) is 0 Å². The fraction of sp³-hybridized carbons (Fsp3) is 0.667. The maximum Gasteiger partial charge on any atom is 0.115 e. The third-order valence-electron chi connectivity index (χ3n) is 1.98. The Morgan fingerprint density at radius 1 is 1.50 bits per heavy atom. The molecular weight excluding hydrogens is 174 g/mol. The number of allylic oxidation sites excluding steroid dienone is 1. The lowest BCUT2D eigenvalue weighted by molar-refractivity contribution is 0.257. The molecule has 0 spiro atoms. The Labute approximate surface area is 87.0 Å². The van der Waals surface area contributed by atoms with Crippen LogP contribution in [0.15, 0.2) is 24.0 Å². The molecule has 0 aromatic heterocycles. The van der Waals surface area contributed by atoms with Crippen molar-refractivity contribution in [2.45, 2.75) is 39.2 Å². The third kappa shape index (κ3) is 5.07. The first kappa shape index (κ1) is 11.3. The van der Waals surface area contributed by atoms with Crippen molar-refractivity contribution in [3.63, 3.8) is 0 Å². The summed E-state index contributed by atoms with van der Waals surface area (Å²) >= 11 is 0. The van der Waals surface area contributed by atoms with Crippen LogP contribution < -0.4 is 5.32 Å². The lowest BCUT2D eigenvalue weighted by Gasteiger charge is -2.19. The molecule has 1 aliphatic rings. The van der Waals surface area contributed by atoms with Gasteiger partial charge in [-0.2, -0.15) is 0 Å². The number of hydrogen-bond acceptors (Lipinski definition) is 2. The molecule has 1 aliphatic heterocycles. The van der Waals surface area contributed by atoms with Crippen LogP contribution in [0.25, 0.3) is 0 Å². The van der Waals surface area contributed by atoms with Crippen LogP contribution in [0.4, 0.5) is 0 Å². The van der Waals surface area contributed by atoms with Gasteiger partial charge >= 0.3 is 0 Å². The predicted octanol–water partition coefficient (Wildman–Crippen LogP) is 2.63. The fourth-order valence-electron chi connectivity index (χ4n) is 1.28. The van der Waals surface area contributed by atoms with E-state index in [9.17, 15) is 0 Å². The molecule has 0 aliphatic carbocycles. The molecule has 0 aromatic rings. The van der Waals surface area contributed by atoms with Crippen LogP contribution in [-0.4, -0.2) is 18.7 Å². The van der Waals surface area contributed by atoms with Gasteiger partial charge in [-0.25, -0.2) is 0 Å². The summed E-state index contributed by atoms with van der Waals surface area (Å²) < 4.78 is 5.35. The van der Waals surface area contributed by atoms with Crippen LogP contribution >= 0.6 is 0 Å². The van der Waals surface area contributed by atoms with E-state index in [1.165, 1.54) is 0 Å². The molecule has 0 atom stereocenters. The summed E-state index contributed by atoms with van der Waals surface area (Å²) in [6.07, 6.45) is 8.47. The molecule has 1 heterocycles. The zero-order valence-corrected chi connectivity index (χ0v) is 9.47. The summed E-state index contributed by atoms with van der Waals surface area (Å²) in [6.45, 7) is 8.41. The molecule has 80 valence electrons. The normalized spacial score (nSPS) is 17.2. The van der Waals surface area contributed by atoms with Gasteiger partial charge in [0.05, 0.1) is 6.61 Å². The largest absolute Gasteiger partial charge is 0.494 e. The summed E-state index contributed by atoms with van der Waals surface area (Å²) in [5.74, 6) is 1.03. The monoisotopic (exact) mass is 195 g/mol. The molecule has 2 heteroatoms. The Balaban J connectivity index is 2.09. The molecule has 0 fully saturated rings. The van der Waals surface area contributed by atoms with E-state index in [4.69, 9.17) is 4.74 Å². The molecule has 2 nitrogen and oxygen atoms in total. The van der Waals surface area contributed by atoms with E-state index in [1.807, 2.05) is 0 Å². The highest BCUT2D eigenvalue weighted by molar-refractivity contribution is 5.14. The number of ether oxygens (including phenoxy) is 1. The molecule has 0 saturated carbocycles. The molecule has 14 heavy (non-hydrogen) atoms. The van der Waals surface area contributed by atoms with Crippen molar-refractivity contribution in [2.24, 2.45) is 0 Å². The minimum atomic E-state index is 0.219. The Bertz CT molecular complexity index is 223. The van der Waals surface area contributed by atoms with Gasteiger partial charge in [0.2, 0.25) is 0 Å². The Hall–Kier alpha value is -0.760. The van der Waals surface area contributed by atoms with E-state index in [0.717, 1.165) is 31.8 Å². The molecule has 1 rings (SSSR count). The Morgan fingerprint density at radius 3 is 2.86 bits per heavy atom. The van der Waals surface area contributed by atoms with Crippen molar-refractivity contribution in [1.82, 2.24) is 5.32 Å². The van der Waals surface area contributed by atoms with Crippen LogP contribution in [0.5, 0.6) is 0 Å². The van der Waals surface area contributed by atoms with Crippen LogP contribution in [0.2, 0.25) is 0 Å². The second kappa shape index (κ2) is 5.20. The average Bonchev–Trinajstić information content (AvgIpc) is 2.54. The first-order valence-electron chi connectivity index (χ1n) is 5.32. The summed E-state index contributed by atoms with van der Waals surface area (Å²) in [5, 5.41) is 3.44. The van der Waals surface area contributed by atoms with E-state index in [0.29, 0.717) is 0 Å². The molecule has 0 amide bonds. The number of nitrogens with one attached hydrogen (secondary N) is 1. The zero-order chi connectivity index (χ0) is 10.4. The number of hydrogen-bond donors (Lipinski definition) is 1. The minimum Gasteiger partial charge on any atom is -0.494 e. The van der Waals surface area contributed by atoms with Crippen molar-refractivity contribution in [1.29, 1.82) is 0 Å². The van der Waals surface area contributed by atoms with Gasteiger partial charge in [0, 0.05) is 12.0 Å². The van der Waals surface area contributed by atoms with Crippen LogP contribution in [0.3, 0.4) is 0 Å². The van der Waals surface area contributed by atoms with Gasteiger partial charge in [0.25, 0.3) is 0 Å². The summed E-state index contributed by atoms with van der Waals surface area (Å²) in [4.78, 5) is 0. The standard InChI is InChI=1S/C12H21NO/c1-12(2,3)13-9-5-4-7-11-8-6-10-14-11/h4,7-8,13H,5-6,9-10H2,1-3H3/b7-4+. The molecule has 1 N–H and O–H groups in total. The van der Waals surface area contributed by atoms with Gasteiger partial charge in [-0.3, -0.25) is 0 Å². The van der Waals surface area contributed by atoms with Crippen molar-refractivity contribution in [2.75, 3.05) is 13.2 Å². The maximum absolute atomic E-state index is 5.35. The lowest BCUT2D eigenvalue weighted by Crippen LogP contribution is -2.36. The lowest BCUT2D eigenvalue weighted by atomic mass is 10.1. The van der Waals surface area contributed by atoms with E-state index >= 15 is 0 Å². The second-order valence-electron chi connectivity index (χ2n) is 4.61.